The third-order valence-corrected chi connectivity index (χ3v) is 5.78. The smallest absolute Gasteiger partial charge is 0.444 e. The molecule has 0 aliphatic carbocycles. The second kappa shape index (κ2) is 9.12. The second-order valence-corrected chi connectivity index (χ2v) is 10.1. The first-order valence-corrected chi connectivity index (χ1v) is 11.1. The number of amides is 1. The van der Waals surface area contributed by atoms with E-state index in [0.29, 0.717) is 0 Å². The van der Waals surface area contributed by atoms with E-state index < -0.39 is 30.0 Å². The van der Waals surface area contributed by atoms with Gasteiger partial charge in [0.25, 0.3) is 0 Å². The summed E-state index contributed by atoms with van der Waals surface area (Å²) in [5.41, 5.74) is 2.51. The number of ether oxygens (including phenoxy) is 1. The zero-order valence-corrected chi connectivity index (χ0v) is 20.2. The summed E-state index contributed by atoms with van der Waals surface area (Å²) in [7, 11) is -0.584. The molecule has 6 heteroatoms. The minimum Gasteiger partial charge on any atom is -0.444 e. The van der Waals surface area contributed by atoms with Crippen molar-refractivity contribution in [3.63, 3.8) is 0 Å². The summed E-state index contributed by atoms with van der Waals surface area (Å²) in [6.07, 6.45) is 1.57. The van der Waals surface area contributed by atoms with Crippen LogP contribution in [0.4, 0.5) is 4.79 Å². The van der Waals surface area contributed by atoms with Gasteiger partial charge in [0.15, 0.2) is 0 Å². The number of benzene rings is 2. The first-order chi connectivity index (χ1) is 14.9. The Morgan fingerprint density at radius 1 is 0.969 bits per heavy atom. The van der Waals surface area contributed by atoms with E-state index in [-0.39, 0.29) is 6.54 Å². The topological polar surface area (TPSA) is 56.8 Å². The number of alkyl carbamates (subject to hydrolysis) is 1. The molecule has 32 heavy (non-hydrogen) atoms. The Labute approximate surface area is 192 Å². The van der Waals surface area contributed by atoms with Crippen molar-refractivity contribution >= 4 is 19.3 Å². The molecule has 1 aliphatic rings. The molecule has 0 radical (unpaired) electrons. The normalized spacial score (nSPS) is 17.8. The molecule has 1 amide bonds. The van der Waals surface area contributed by atoms with Crippen molar-refractivity contribution in [3.8, 4) is 11.1 Å². The molecule has 0 unspecified atom stereocenters. The maximum Gasteiger partial charge on any atom is 0.492 e. The number of carbonyl (C=O) groups excluding carboxylic acids is 1. The SMILES string of the molecule is CC(C)(C)OC(=O)NCC(=Cc1ccccc1-c1ccccc1)B1OC(C)(C)C(C)(C)O1. The van der Waals surface area contributed by atoms with Gasteiger partial charge in [0.05, 0.1) is 11.2 Å². The molecule has 0 saturated carbocycles. The highest BCUT2D eigenvalue weighted by Gasteiger charge is 2.52. The van der Waals surface area contributed by atoms with Crippen LogP contribution in [0.15, 0.2) is 60.1 Å². The third-order valence-electron chi connectivity index (χ3n) is 5.78. The van der Waals surface area contributed by atoms with Crippen LogP contribution < -0.4 is 5.32 Å². The quantitative estimate of drug-likeness (QED) is 0.595. The van der Waals surface area contributed by atoms with Crippen molar-refractivity contribution in [1.29, 1.82) is 0 Å². The highest BCUT2D eigenvalue weighted by Crippen LogP contribution is 2.39. The van der Waals surface area contributed by atoms with Crippen molar-refractivity contribution < 1.29 is 18.8 Å². The van der Waals surface area contributed by atoms with E-state index >= 15 is 0 Å². The van der Waals surface area contributed by atoms with Crippen LogP contribution in [0.25, 0.3) is 17.2 Å². The zero-order valence-electron chi connectivity index (χ0n) is 20.2. The minimum absolute atomic E-state index is 0.245. The summed E-state index contributed by atoms with van der Waals surface area (Å²) in [5, 5.41) is 2.86. The average molecular weight is 435 g/mol. The van der Waals surface area contributed by atoms with Gasteiger partial charge in [-0.25, -0.2) is 4.79 Å². The standard InChI is InChI=1S/C26H34BNO4/c1-24(2,3)30-23(29)28-18-21(27-31-25(4,5)26(6,7)32-27)17-20-15-11-12-16-22(20)19-13-9-8-10-14-19/h8-17H,18H2,1-7H3,(H,28,29). The van der Waals surface area contributed by atoms with Gasteiger partial charge in [-0.15, -0.1) is 0 Å². The monoisotopic (exact) mass is 435 g/mol. The Kier molecular flexibility index (Phi) is 6.87. The van der Waals surface area contributed by atoms with E-state index in [4.69, 9.17) is 14.0 Å². The van der Waals surface area contributed by atoms with Gasteiger partial charge in [0.2, 0.25) is 0 Å². The lowest BCUT2D eigenvalue weighted by atomic mass is 9.76. The van der Waals surface area contributed by atoms with Crippen LogP contribution in [0.5, 0.6) is 0 Å². The van der Waals surface area contributed by atoms with Crippen molar-refractivity contribution in [2.45, 2.75) is 65.3 Å². The molecule has 1 saturated heterocycles. The predicted octanol–water partition coefficient (Wildman–Crippen LogP) is 5.89. The van der Waals surface area contributed by atoms with E-state index in [0.717, 1.165) is 22.2 Å². The lowest BCUT2D eigenvalue weighted by molar-refractivity contribution is 0.00578. The Bertz CT molecular complexity index is 961. The molecule has 0 bridgehead atoms. The molecular weight excluding hydrogens is 401 g/mol. The van der Waals surface area contributed by atoms with Crippen molar-refractivity contribution in [3.05, 3.63) is 65.6 Å². The molecule has 0 atom stereocenters. The summed E-state index contributed by atoms with van der Waals surface area (Å²) in [4.78, 5) is 12.3. The summed E-state index contributed by atoms with van der Waals surface area (Å²) < 4.78 is 18.0. The molecule has 5 nitrogen and oxygen atoms in total. The van der Waals surface area contributed by atoms with Crippen LogP contribution in [0.2, 0.25) is 0 Å². The highest BCUT2D eigenvalue weighted by molar-refractivity contribution is 6.56. The first kappa shape index (κ1) is 24.1. The number of rotatable bonds is 5. The number of nitrogens with one attached hydrogen (secondary N) is 1. The molecular formula is C26H34BNO4. The van der Waals surface area contributed by atoms with Gasteiger partial charge in [-0.05, 0) is 70.6 Å². The molecule has 1 heterocycles. The van der Waals surface area contributed by atoms with Crippen molar-refractivity contribution in [2.75, 3.05) is 6.54 Å². The Morgan fingerprint density at radius 2 is 1.53 bits per heavy atom. The van der Waals surface area contributed by atoms with Crippen LogP contribution in [0, 0.1) is 0 Å². The molecule has 2 aromatic rings. The van der Waals surface area contributed by atoms with E-state index in [1.807, 2.05) is 84.9 Å². The molecule has 170 valence electrons. The lowest BCUT2D eigenvalue weighted by Gasteiger charge is -2.32. The van der Waals surface area contributed by atoms with E-state index in [2.05, 4.69) is 29.6 Å². The Balaban J connectivity index is 1.95. The van der Waals surface area contributed by atoms with Crippen LogP contribution in [0.3, 0.4) is 0 Å². The zero-order chi connectivity index (χ0) is 23.6. The van der Waals surface area contributed by atoms with Crippen LogP contribution in [-0.4, -0.2) is 36.6 Å². The van der Waals surface area contributed by atoms with Crippen LogP contribution in [0.1, 0.15) is 54.0 Å². The maximum absolute atomic E-state index is 12.3. The van der Waals surface area contributed by atoms with Gasteiger partial charge < -0.3 is 19.4 Å². The summed E-state index contributed by atoms with van der Waals surface area (Å²) in [5.74, 6) is 0. The van der Waals surface area contributed by atoms with Crippen molar-refractivity contribution in [2.24, 2.45) is 0 Å². The third kappa shape index (κ3) is 5.81. The fraction of sp³-hybridized carbons (Fsp3) is 0.423. The molecule has 2 aromatic carbocycles. The largest absolute Gasteiger partial charge is 0.492 e. The molecule has 1 N–H and O–H groups in total. The first-order valence-electron chi connectivity index (χ1n) is 11.1. The van der Waals surface area contributed by atoms with E-state index in [9.17, 15) is 4.79 Å². The maximum atomic E-state index is 12.3. The van der Waals surface area contributed by atoms with E-state index in [1.54, 1.807) is 0 Å². The average Bonchev–Trinajstić information content (AvgIpc) is 2.92. The fourth-order valence-corrected chi connectivity index (χ4v) is 3.39. The van der Waals surface area contributed by atoms with Gasteiger partial charge >= 0.3 is 13.2 Å². The van der Waals surface area contributed by atoms with Crippen molar-refractivity contribution in [1.82, 2.24) is 5.32 Å². The fourth-order valence-electron chi connectivity index (χ4n) is 3.39. The molecule has 1 fully saturated rings. The van der Waals surface area contributed by atoms with Crippen LogP contribution in [-0.2, 0) is 14.0 Å². The summed E-state index contributed by atoms with van der Waals surface area (Å²) in [6, 6.07) is 18.4. The molecule has 3 rings (SSSR count). The van der Waals surface area contributed by atoms with Gasteiger partial charge in [-0.3, -0.25) is 0 Å². The van der Waals surface area contributed by atoms with Crippen LogP contribution >= 0.6 is 0 Å². The number of hydrogen-bond donors (Lipinski definition) is 1. The second-order valence-electron chi connectivity index (χ2n) is 10.1. The number of carbonyl (C=O) groups is 1. The van der Waals surface area contributed by atoms with E-state index in [1.165, 1.54) is 0 Å². The Morgan fingerprint density at radius 3 is 2.12 bits per heavy atom. The number of hydrogen-bond acceptors (Lipinski definition) is 4. The summed E-state index contributed by atoms with van der Waals surface area (Å²) >= 11 is 0. The predicted molar refractivity (Wildman–Crippen MR) is 130 cm³/mol. The van der Waals surface area contributed by atoms with Gasteiger partial charge in [0, 0.05) is 6.54 Å². The Hall–Kier alpha value is -2.57. The van der Waals surface area contributed by atoms with Gasteiger partial charge in [-0.2, -0.15) is 0 Å². The molecule has 0 spiro atoms. The van der Waals surface area contributed by atoms with Gasteiger partial charge in [-0.1, -0.05) is 60.7 Å². The molecule has 0 aromatic heterocycles. The molecule has 1 aliphatic heterocycles. The lowest BCUT2D eigenvalue weighted by Crippen LogP contribution is -2.41. The van der Waals surface area contributed by atoms with Gasteiger partial charge in [0.1, 0.15) is 5.60 Å². The minimum atomic E-state index is -0.584. The highest BCUT2D eigenvalue weighted by atomic mass is 16.7. The summed E-state index contributed by atoms with van der Waals surface area (Å²) in [6.45, 7) is 13.8.